The average Bonchev–Trinajstić information content (AvgIpc) is 3.07. The van der Waals surface area contributed by atoms with E-state index in [1.165, 1.54) is 38.3 Å². The number of methoxy groups -OCH3 is 1. The van der Waals surface area contributed by atoms with Crippen molar-refractivity contribution in [1.29, 1.82) is 5.26 Å². The molecule has 1 atom stereocenters. The monoisotopic (exact) mass is 482 g/mol. The van der Waals surface area contributed by atoms with Gasteiger partial charge in [-0.3, -0.25) is 14.9 Å². The number of nitriles is 1. The van der Waals surface area contributed by atoms with Crippen LogP contribution < -0.4 is 10.1 Å². The molecule has 1 N–H and O–H groups in total. The number of aromatic nitrogens is 1. The van der Waals surface area contributed by atoms with Crippen molar-refractivity contribution in [2.24, 2.45) is 5.92 Å². The van der Waals surface area contributed by atoms with Gasteiger partial charge in [-0.1, -0.05) is 13.8 Å². The number of nitro benzene ring substituents is 1. The lowest BCUT2D eigenvalue weighted by Crippen LogP contribution is -2.30. The second-order valence-electron chi connectivity index (χ2n) is 8.51. The van der Waals surface area contributed by atoms with Crippen molar-refractivity contribution in [2.45, 2.75) is 53.7 Å². The lowest BCUT2D eigenvalue weighted by molar-refractivity contribution is -0.384. The SMILES string of the molecule is COc1ccc(NC(=O)C(C)OC(=O)/C(C#N)=C/c2cc(C)n(CCC(C)C)c2C)c([N+](=O)[O-])c1. The van der Waals surface area contributed by atoms with E-state index in [4.69, 9.17) is 9.47 Å². The quantitative estimate of drug-likeness (QED) is 0.172. The molecule has 1 heterocycles. The Kier molecular flexibility index (Phi) is 9.17. The maximum Gasteiger partial charge on any atom is 0.349 e. The van der Waals surface area contributed by atoms with Crippen LogP contribution in [0.5, 0.6) is 5.75 Å². The van der Waals surface area contributed by atoms with Crippen molar-refractivity contribution in [3.8, 4) is 11.8 Å². The minimum Gasteiger partial charge on any atom is -0.496 e. The van der Waals surface area contributed by atoms with Crippen LogP contribution in [0.1, 0.15) is 44.1 Å². The van der Waals surface area contributed by atoms with Crippen LogP contribution >= 0.6 is 0 Å². The number of nitrogens with zero attached hydrogens (tertiary/aromatic N) is 3. The molecule has 0 aliphatic rings. The standard InChI is InChI=1S/C25H30N4O6/c1-15(2)9-10-28-16(3)11-19(17(28)4)12-20(14-26)25(31)35-18(5)24(30)27-22-8-7-21(34-6)13-23(22)29(32)33/h7-8,11-13,15,18H,9-10H2,1-6H3,(H,27,30)/b20-12+. The van der Waals surface area contributed by atoms with Crippen molar-refractivity contribution in [2.75, 3.05) is 12.4 Å². The van der Waals surface area contributed by atoms with E-state index in [2.05, 4.69) is 23.7 Å². The summed E-state index contributed by atoms with van der Waals surface area (Å²) < 4.78 is 12.3. The van der Waals surface area contributed by atoms with E-state index in [1.54, 1.807) is 0 Å². The van der Waals surface area contributed by atoms with Gasteiger partial charge in [0.05, 0.1) is 18.1 Å². The summed E-state index contributed by atoms with van der Waals surface area (Å²) in [5.74, 6) is -0.962. The predicted molar refractivity (Wildman–Crippen MR) is 131 cm³/mol. The number of anilines is 1. The third-order valence-electron chi connectivity index (χ3n) is 5.50. The van der Waals surface area contributed by atoms with Gasteiger partial charge in [-0.25, -0.2) is 4.79 Å². The van der Waals surface area contributed by atoms with Crippen molar-refractivity contribution in [3.05, 3.63) is 56.9 Å². The number of amides is 1. The zero-order chi connectivity index (χ0) is 26.3. The Morgan fingerprint density at radius 2 is 1.94 bits per heavy atom. The highest BCUT2D eigenvalue weighted by Crippen LogP contribution is 2.29. The Labute approximate surface area is 204 Å². The molecule has 0 aliphatic carbocycles. The summed E-state index contributed by atoms with van der Waals surface area (Å²) in [6.45, 7) is 10.3. The van der Waals surface area contributed by atoms with Crippen LogP contribution in [0, 0.1) is 41.2 Å². The summed E-state index contributed by atoms with van der Waals surface area (Å²) in [5.41, 5.74) is 1.93. The lowest BCUT2D eigenvalue weighted by atomic mass is 10.1. The number of rotatable bonds is 10. The molecule has 0 aliphatic heterocycles. The number of carbonyl (C=O) groups is 2. The number of esters is 1. The molecule has 0 saturated heterocycles. The van der Waals surface area contributed by atoms with Gasteiger partial charge in [0.15, 0.2) is 6.10 Å². The van der Waals surface area contributed by atoms with E-state index in [0.29, 0.717) is 11.5 Å². The molecule has 186 valence electrons. The Morgan fingerprint density at radius 1 is 1.26 bits per heavy atom. The van der Waals surface area contributed by atoms with E-state index in [1.807, 2.05) is 26.0 Å². The van der Waals surface area contributed by atoms with Gasteiger partial charge < -0.3 is 19.4 Å². The first-order valence-electron chi connectivity index (χ1n) is 11.1. The molecule has 10 nitrogen and oxygen atoms in total. The molecule has 1 aromatic carbocycles. The number of carbonyl (C=O) groups excluding carboxylic acids is 2. The van der Waals surface area contributed by atoms with Crippen molar-refractivity contribution in [3.63, 3.8) is 0 Å². The number of nitrogens with one attached hydrogen (secondary N) is 1. The maximum absolute atomic E-state index is 12.6. The van der Waals surface area contributed by atoms with E-state index < -0.39 is 22.9 Å². The fourth-order valence-corrected chi connectivity index (χ4v) is 3.40. The fraction of sp³-hybridized carbons (Fsp3) is 0.400. The van der Waals surface area contributed by atoms with Gasteiger partial charge in [-0.05, 0) is 62.9 Å². The van der Waals surface area contributed by atoms with Gasteiger partial charge in [0.2, 0.25) is 0 Å². The number of ether oxygens (including phenoxy) is 2. The van der Waals surface area contributed by atoms with Crippen molar-refractivity contribution >= 4 is 29.3 Å². The maximum atomic E-state index is 12.6. The zero-order valence-corrected chi connectivity index (χ0v) is 20.7. The molecule has 1 amide bonds. The molecule has 2 rings (SSSR count). The Balaban J connectivity index is 2.16. The first-order chi connectivity index (χ1) is 16.5. The highest BCUT2D eigenvalue weighted by molar-refractivity contribution is 6.01. The Bertz CT molecular complexity index is 1190. The second kappa shape index (κ2) is 11.8. The third-order valence-corrected chi connectivity index (χ3v) is 5.50. The molecule has 0 radical (unpaired) electrons. The predicted octanol–water partition coefficient (Wildman–Crippen LogP) is 4.55. The molecule has 35 heavy (non-hydrogen) atoms. The van der Waals surface area contributed by atoms with E-state index in [9.17, 15) is 25.0 Å². The molecule has 10 heteroatoms. The van der Waals surface area contributed by atoms with Crippen LogP contribution in [0.4, 0.5) is 11.4 Å². The Morgan fingerprint density at radius 3 is 2.51 bits per heavy atom. The van der Waals surface area contributed by atoms with Crippen molar-refractivity contribution < 1.29 is 24.0 Å². The van der Waals surface area contributed by atoms with Crippen LogP contribution in [0.25, 0.3) is 6.08 Å². The number of nitro groups is 1. The van der Waals surface area contributed by atoms with E-state index in [-0.39, 0.29) is 22.7 Å². The molecule has 1 unspecified atom stereocenters. The minimum atomic E-state index is -1.31. The smallest absolute Gasteiger partial charge is 0.349 e. The molecular formula is C25H30N4O6. The van der Waals surface area contributed by atoms with Gasteiger partial charge in [0.25, 0.3) is 11.6 Å². The lowest BCUT2D eigenvalue weighted by Gasteiger charge is -2.14. The summed E-state index contributed by atoms with van der Waals surface area (Å²) in [5, 5.41) is 23.2. The zero-order valence-electron chi connectivity index (χ0n) is 20.7. The summed E-state index contributed by atoms with van der Waals surface area (Å²) in [6.07, 6.45) is 1.13. The van der Waals surface area contributed by atoms with Gasteiger partial charge in [0.1, 0.15) is 23.1 Å². The normalized spacial score (nSPS) is 12.1. The minimum absolute atomic E-state index is 0.0754. The first-order valence-corrected chi connectivity index (χ1v) is 11.1. The summed E-state index contributed by atoms with van der Waals surface area (Å²) in [7, 11) is 1.36. The topological polar surface area (TPSA) is 136 Å². The van der Waals surface area contributed by atoms with E-state index >= 15 is 0 Å². The number of aryl methyl sites for hydroxylation is 1. The summed E-state index contributed by atoms with van der Waals surface area (Å²) >= 11 is 0. The fourth-order valence-electron chi connectivity index (χ4n) is 3.40. The number of hydrogen-bond acceptors (Lipinski definition) is 7. The van der Waals surface area contributed by atoms with Gasteiger partial charge in [0, 0.05) is 17.9 Å². The summed E-state index contributed by atoms with van der Waals surface area (Å²) in [6, 6.07) is 7.66. The second-order valence-corrected chi connectivity index (χ2v) is 8.51. The van der Waals surface area contributed by atoms with Crippen LogP contribution in [0.3, 0.4) is 0 Å². The molecule has 0 spiro atoms. The van der Waals surface area contributed by atoms with Gasteiger partial charge >= 0.3 is 5.97 Å². The summed E-state index contributed by atoms with van der Waals surface area (Å²) in [4.78, 5) is 35.8. The first kappa shape index (κ1) is 27.1. The highest BCUT2D eigenvalue weighted by atomic mass is 16.6. The third kappa shape index (κ3) is 6.93. The molecule has 1 aromatic heterocycles. The molecular weight excluding hydrogens is 452 g/mol. The van der Waals surface area contributed by atoms with Crippen LogP contribution in [0.2, 0.25) is 0 Å². The van der Waals surface area contributed by atoms with Crippen LogP contribution in [-0.2, 0) is 20.9 Å². The molecule has 2 aromatic rings. The van der Waals surface area contributed by atoms with Crippen LogP contribution in [0.15, 0.2) is 29.8 Å². The van der Waals surface area contributed by atoms with Gasteiger partial charge in [-0.2, -0.15) is 5.26 Å². The largest absolute Gasteiger partial charge is 0.496 e. The molecule has 0 bridgehead atoms. The van der Waals surface area contributed by atoms with E-state index in [0.717, 1.165) is 24.4 Å². The number of hydrogen-bond donors (Lipinski definition) is 1. The van der Waals surface area contributed by atoms with Crippen molar-refractivity contribution in [1.82, 2.24) is 4.57 Å². The Hall–Kier alpha value is -4.13. The van der Waals surface area contributed by atoms with Gasteiger partial charge in [-0.15, -0.1) is 0 Å². The average molecular weight is 483 g/mol. The molecule has 0 saturated carbocycles. The highest BCUT2D eigenvalue weighted by Gasteiger charge is 2.24. The number of benzene rings is 1. The molecule has 0 fully saturated rings. The van der Waals surface area contributed by atoms with Crippen LogP contribution in [-0.4, -0.2) is 34.6 Å².